The Balaban J connectivity index is 1.62. The predicted octanol–water partition coefficient (Wildman–Crippen LogP) is 5.36. The third-order valence-corrected chi connectivity index (χ3v) is 4.89. The van der Waals surface area contributed by atoms with Gasteiger partial charge in [-0.25, -0.2) is 4.79 Å². The highest BCUT2D eigenvalue weighted by Crippen LogP contribution is 2.30. The normalized spacial score (nSPS) is 10.6. The fraction of sp³-hybridized carbons (Fsp3) is 0.120. The van der Waals surface area contributed by atoms with Gasteiger partial charge in [0.2, 0.25) is 0 Å². The van der Waals surface area contributed by atoms with Crippen LogP contribution in [0.1, 0.15) is 32.0 Å². The minimum atomic E-state index is -0.527. The molecule has 0 saturated heterocycles. The highest BCUT2D eigenvalue weighted by molar-refractivity contribution is 6.15. The van der Waals surface area contributed by atoms with Crippen LogP contribution in [0.15, 0.2) is 77.2 Å². The fourth-order valence-electron chi connectivity index (χ4n) is 3.38. The predicted molar refractivity (Wildman–Crippen MR) is 117 cm³/mol. The number of hydrogen-bond donors (Lipinski definition) is 1. The number of hydrogen-bond acceptors (Lipinski definition) is 5. The Morgan fingerprint density at radius 2 is 1.71 bits per heavy atom. The Bertz CT molecular complexity index is 1240. The number of anilines is 1. The summed E-state index contributed by atoms with van der Waals surface area (Å²) in [4.78, 5) is 25.1. The Morgan fingerprint density at radius 3 is 2.48 bits per heavy atom. The van der Waals surface area contributed by atoms with E-state index in [-0.39, 0.29) is 11.5 Å². The van der Waals surface area contributed by atoms with Gasteiger partial charge in [-0.2, -0.15) is 0 Å². The van der Waals surface area contributed by atoms with E-state index in [0.717, 1.165) is 5.56 Å². The Labute approximate surface area is 179 Å². The SMILES string of the molecule is COC(=O)c1ccccc1NC(=O)c1c(C)oc2ccc(OCc3ccccc3)cc12. The van der Waals surface area contributed by atoms with Crippen molar-refractivity contribution in [3.05, 3.63) is 95.2 Å². The van der Waals surface area contributed by atoms with Crippen LogP contribution >= 0.6 is 0 Å². The third kappa shape index (κ3) is 4.28. The van der Waals surface area contributed by atoms with Crippen LogP contribution < -0.4 is 10.1 Å². The molecule has 0 radical (unpaired) electrons. The van der Waals surface area contributed by atoms with E-state index in [1.165, 1.54) is 7.11 Å². The second-order valence-corrected chi connectivity index (χ2v) is 6.96. The second kappa shape index (κ2) is 8.75. The standard InChI is InChI=1S/C25H21NO5/c1-16-23(24(27)26-21-11-7-6-10-19(21)25(28)29-2)20-14-18(12-13-22(20)31-16)30-15-17-8-4-3-5-9-17/h3-14H,15H2,1-2H3,(H,26,27). The fourth-order valence-corrected chi connectivity index (χ4v) is 3.38. The molecule has 31 heavy (non-hydrogen) atoms. The molecule has 4 rings (SSSR count). The molecule has 3 aromatic carbocycles. The monoisotopic (exact) mass is 415 g/mol. The van der Waals surface area contributed by atoms with Crippen molar-refractivity contribution in [2.75, 3.05) is 12.4 Å². The molecule has 0 saturated carbocycles. The molecule has 0 unspecified atom stereocenters. The number of aryl methyl sites for hydroxylation is 1. The Morgan fingerprint density at radius 1 is 0.968 bits per heavy atom. The molecular formula is C25H21NO5. The van der Waals surface area contributed by atoms with Gasteiger partial charge in [0.05, 0.1) is 23.9 Å². The van der Waals surface area contributed by atoms with Crippen LogP contribution in [0.5, 0.6) is 5.75 Å². The van der Waals surface area contributed by atoms with Crippen LogP contribution in [0, 0.1) is 6.92 Å². The molecule has 0 aliphatic heterocycles. The van der Waals surface area contributed by atoms with Crippen molar-refractivity contribution in [3.63, 3.8) is 0 Å². The number of amides is 1. The summed E-state index contributed by atoms with van der Waals surface area (Å²) in [6.45, 7) is 2.14. The van der Waals surface area contributed by atoms with Crippen LogP contribution in [0.4, 0.5) is 5.69 Å². The van der Waals surface area contributed by atoms with E-state index in [4.69, 9.17) is 13.9 Å². The highest BCUT2D eigenvalue weighted by Gasteiger charge is 2.21. The molecule has 156 valence electrons. The first kappa shape index (κ1) is 20.2. The number of carbonyl (C=O) groups is 2. The first-order chi connectivity index (χ1) is 15.1. The molecule has 0 aliphatic carbocycles. The van der Waals surface area contributed by atoms with E-state index in [1.807, 2.05) is 36.4 Å². The van der Waals surface area contributed by atoms with Gasteiger partial charge in [0.25, 0.3) is 5.91 Å². The van der Waals surface area contributed by atoms with Crippen molar-refractivity contribution in [1.29, 1.82) is 0 Å². The van der Waals surface area contributed by atoms with Crippen LogP contribution in [-0.2, 0) is 11.3 Å². The largest absolute Gasteiger partial charge is 0.489 e. The summed E-state index contributed by atoms with van der Waals surface area (Å²) in [6.07, 6.45) is 0. The van der Waals surface area contributed by atoms with Gasteiger partial charge in [-0.3, -0.25) is 4.79 Å². The molecule has 1 heterocycles. The molecule has 1 aromatic heterocycles. The van der Waals surface area contributed by atoms with Gasteiger partial charge in [-0.1, -0.05) is 42.5 Å². The minimum Gasteiger partial charge on any atom is -0.489 e. The molecule has 0 fully saturated rings. The number of nitrogens with one attached hydrogen (secondary N) is 1. The van der Waals surface area contributed by atoms with Crippen molar-refractivity contribution in [2.24, 2.45) is 0 Å². The number of para-hydroxylation sites is 1. The molecular weight excluding hydrogens is 394 g/mol. The maximum atomic E-state index is 13.1. The van der Waals surface area contributed by atoms with Gasteiger partial charge in [-0.15, -0.1) is 0 Å². The summed E-state index contributed by atoms with van der Waals surface area (Å²) in [5, 5.41) is 3.43. The summed E-state index contributed by atoms with van der Waals surface area (Å²) in [6, 6.07) is 21.9. The molecule has 0 spiro atoms. The molecule has 6 heteroatoms. The topological polar surface area (TPSA) is 77.8 Å². The molecule has 6 nitrogen and oxygen atoms in total. The molecule has 1 N–H and O–H groups in total. The van der Waals surface area contributed by atoms with E-state index < -0.39 is 5.97 Å². The number of rotatable bonds is 6. The lowest BCUT2D eigenvalue weighted by atomic mass is 10.1. The quantitative estimate of drug-likeness (QED) is 0.429. The minimum absolute atomic E-state index is 0.274. The van der Waals surface area contributed by atoms with Gasteiger partial charge in [0, 0.05) is 5.39 Å². The van der Waals surface area contributed by atoms with Crippen molar-refractivity contribution < 1.29 is 23.5 Å². The summed E-state index contributed by atoms with van der Waals surface area (Å²) in [5.74, 6) is 0.193. The summed E-state index contributed by atoms with van der Waals surface area (Å²) in [7, 11) is 1.30. The lowest BCUT2D eigenvalue weighted by molar-refractivity contribution is 0.0602. The zero-order chi connectivity index (χ0) is 21.8. The third-order valence-electron chi connectivity index (χ3n) is 4.89. The van der Waals surface area contributed by atoms with E-state index in [0.29, 0.717) is 40.3 Å². The Hall–Kier alpha value is -4.06. The molecule has 1 amide bonds. The van der Waals surface area contributed by atoms with Crippen LogP contribution in [0.25, 0.3) is 11.0 Å². The number of methoxy groups -OCH3 is 1. The van der Waals surface area contributed by atoms with E-state index in [1.54, 1.807) is 43.3 Å². The van der Waals surface area contributed by atoms with Crippen LogP contribution in [0.3, 0.4) is 0 Å². The number of ether oxygens (including phenoxy) is 2. The lowest BCUT2D eigenvalue weighted by Gasteiger charge is -2.10. The maximum absolute atomic E-state index is 13.1. The number of benzene rings is 3. The van der Waals surface area contributed by atoms with Crippen LogP contribution in [0.2, 0.25) is 0 Å². The number of carbonyl (C=O) groups excluding carboxylic acids is 2. The molecule has 4 aromatic rings. The van der Waals surface area contributed by atoms with Crippen molar-refractivity contribution in [2.45, 2.75) is 13.5 Å². The van der Waals surface area contributed by atoms with E-state index in [2.05, 4.69) is 5.32 Å². The average molecular weight is 415 g/mol. The molecule has 0 atom stereocenters. The average Bonchev–Trinajstić information content (AvgIpc) is 3.13. The maximum Gasteiger partial charge on any atom is 0.339 e. The Kier molecular flexibility index (Phi) is 5.71. The van der Waals surface area contributed by atoms with Crippen molar-refractivity contribution in [3.8, 4) is 5.75 Å². The number of furan rings is 1. The van der Waals surface area contributed by atoms with Crippen LogP contribution in [-0.4, -0.2) is 19.0 Å². The summed E-state index contributed by atoms with van der Waals surface area (Å²) >= 11 is 0. The highest BCUT2D eigenvalue weighted by atomic mass is 16.5. The first-order valence-electron chi connectivity index (χ1n) is 9.75. The second-order valence-electron chi connectivity index (χ2n) is 6.96. The van der Waals surface area contributed by atoms with E-state index in [9.17, 15) is 9.59 Å². The zero-order valence-electron chi connectivity index (χ0n) is 17.2. The van der Waals surface area contributed by atoms with Crippen molar-refractivity contribution in [1.82, 2.24) is 0 Å². The smallest absolute Gasteiger partial charge is 0.339 e. The first-order valence-corrected chi connectivity index (χ1v) is 9.75. The summed E-state index contributed by atoms with van der Waals surface area (Å²) < 4.78 is 16.5. The van der Waals surface area contributed by atoms with E-state index >= 15 is 0 Å². The van der Waals surface area contributed by atoms with Gasteiger partial charge < -0.3 is 19.2 Å². The zero-order valence-corrected chi connectivity index (χ0v) is 17.2. The molecule has 0 aliphatic rings. The number of esters is 1. The summed E-state index contributed by atoms with van der Waals surface area (Å²) in [5.41, 5.74) is 2.65. The van der Waals surface area contributed by atoms with Gasteiger partial charge in [-0.05, 0) is 42.8 Å². The molecule has 0 bridgehead atoms. The number of fused-ring (bicyclic) bond motifs is 1. The van der Waals surface area contributed by atoms with Gasteiger partial charge in [0.15, 0.2) is 0 Å². The lowest BCUT2D eigenvalue weighted by Crippen LogP contribution is -2.16. The van der Waals surface area contributed by atoms with Gasteiger partial charge in [0.1, 0.15) is 23.7 Å². The van der Waals surface area contributed by atoms with Gasteiger partial charge >= 0.3 is 5.97 Å². The van der Waals surface area contributed by atoms with Crippen molar-refractivity contribution >= 4 is 28.5 Å².